The summed E-state index contributed by atoms with van der Waals surface area (Å²) in [7, 11) is -3.75. The Bertz CT molecular complexity index is 1110. The van der Waals surface area contributed by atoms with Crippen molar-refractivity contribution in [1.82, 2.24) is 4.72 Å². The van der Waals surface area contributed by atoms with E-state index in [9.17, 15) is 13.2 Å². The highest BCUT2D eigenvalue weighted by Crippen LogP contribution is 2.30. The molecule has 2 heterocycles. The van der Waals surface area contributed by atoms with Crippen LogP contribution >= 0.6 is 0 Å². The summed E-state index contributed by atoms with van der Waals surface area (Å²) in [6.07, 6.45) is 5.59. The van der Waals surface area contributed by atoms with Gasteiger partial charge in [-0.1, -0.05) is 30.7 Å². The molecule has 1 unspecified atom stereocenters. The summed E-state index contributed by atoms with van der Waals surface area (Å²) < 4.78 is 28.3. The second-order valence-corrected chi connectivity index (χ2v) is 10.1. The molecule has 1 atom stereocenters. The molecule has 1 amide bonds. The number of benzene rings is 2. The fraction of sp³-hybridized carbons (Fsp3) is 0.417. The van der Waals surface area contributed by atoms with Gasteiger partial charge in [-0.3, -0.25) is 14.5 Å². The van der Waals surface area contributed by atoms with E-state index in [4.69, 9.17) is 0 Å². The Morgan fingerprint density at radius 1 is 1.09 bits per heavy atom. The number of fused-ring (bicyclic) bond motifs is 1. The van der Waals surface area contributed by atoms with Gasteiger partial charge in [0.15, 0.2) is 0 Å². The number of anilines is 2. The molecule has 170 valence electrons. The van der Waals surface area contributed by atoms with E-state index in [0.29, 0.717) is 24.5 Å². The number of carbonyl (C=O) groups is 1. The molecule has 0 aromatic heterocycles. The maximum Gasteiger partial charge on any atom is 0.262 e. The van der Waals surface area contributed by atoms with Gasteiger partial charge in [-0.05, 0) is 62.4 Å². The minimum atomic E-state index is -3.75. The molecule has 8 heteroatoms. The summed E-state index contributed by atoms with van der Waals surface area (Å²) in [5.41, 5.74) is 2.80. The molecule has 2 aliphatic heterocycles. The Morgan fingerprint density at radius 3 is 2.81 bits per heavy atom. The normalized spacial score (nSPS) is 18.8. The molecule has 2 aromatic carbocycles. The van der Waals surface area contributed by atoms with Crippen LogP contribution in [-0.2, 0) is 21.2 Å². The SMILES string of the molecule is CC1CCc2ccccc2N1CC(=O)Nc1cccc(S(=O)(=O)NC2=NCCCCC2)c1. The summed E-state index contributed by atoms with van der Waals surface area (Å²) in [4.78, 5) is 19.4. The summed E-state index contributed by atoms with van der Waals surface area (Å²) in [6, 6.07) is 14.8. The van der Waals surface area contributed by atoms with Crippen molar-refractivity contribution in [2.24, 2.45) is 4.99 Å². The number of sulfonamides is 1. The number of hydrogen-bond donors (Lipinski definition) is 2. The Morgan fingerprint density at radius 2 is 1.94 bits per heavy atom. The van der Waals surface area contributed by atoms with E-state index in [1.165, 1.54) is 17.7 Å². The second-order valence-electron chi connectivity index (χ2n) is 8.46. The molecule has 0 saturated heterocycles. The van der Waals surface area contributed by atoms with E-state index >= 15 is 0 Å². The lowest BCUT2D eigenvalue weighted by Crippen LogP contribution is -2.42. The van der Waals surface area contributed by atoms with Gasteiger partial charge in [0.25, 0.3) is 10.0 Å². The van der Waals surface area contributed by atoms with Crippen LogP contribution in [0.2, 0.25) is 0 Å². The van der Waals surface area contributed by atoms with E-state index in [1.54, 1.807) is 12.1 Å². The molecule has 0 saturated carbocycles. The molecule has 0 spiro atoms. The van der Waals surface area contributed by atoms with E-state index in [0.717, 1.165) is 37.8 Å². The minimum absolute atomic E-state index is 0.110. The summed E-state index contributed by atoms with van der Waals surface area (Å²) in [5, 5.41) is 2.86. The number of nitrogens with one attached hydrogen (secondary N) is 2. The Hall–Kier alpha value is -2.87. The van der Waals surface area contributed by atoms with E-state index in [-0.39, 0.29) is 23.4 Å². The van der Waals surface area contributed by atoms with Crippen molar-refractivity contribution in [3.8, 4) is 0 Å². The number of aryl methyl sites for hydroxylation is 1. The van der Waals surface area contributed by atoms with Gasteiger partial charge >= 0.3 is 0 Å². The lowest BCUT2D eigenvalue weighted by Gasteiger charge is -2.36. The molecule has 2 aromatic rings. The van der Waals surface area contributed by atoms with Gasteiger partial charge in [0.2, 0.25) is 5.91 Å². The number of amidine groups is 1. The van der Waals surface area contributed by atoms with Crippen molar-refractivity contribution < 1.29 is 13.2 Å². The quantitative estimate of drug-likeness (QED) is 0.720. The summed E-state index contributed by atoms with van der Waals surface area (Å²) >= 11 is 0. The Kier molecular flexibility index (Phi) is 6.79. The molecule has 0 radical (unpaired) electrons. The molecule has 0 bridgehead atoms. The van der Waals surface area contributed by atoms with Crippen LogP contribution in [0.3, 0.4) is 0 Å². The van der Waals surface area contributed by atoms with Gasteiger partial charge in [-0.15, -0.1) is 0 Å². The van der Waals surface area contributed by atoms with Gasteiger partial charge in [0.1, 0.15) is 5.84 Å². The Balaban J connectivity index is 1.45. The minimum Gasteiger partial charge on any atom is -0.359 e. The number of hydrogen-bond acceptors (Lipinski definition) is 5. The first-order valence-corrected chi connectivity index (χ1v) is 12.7. The molecule has 0 fully saturated rings. The highest BCUT2D eigenvalue weighted by Gasteiger charge is 2.25. The first-order chi connectivity index (χ1) is 15.4. The maximum absolute atomic E-state index is 12.8. The predicted molar refractivity (Wildman–Crippen MR) is 128 cm³/mol. The maximum atomic E-state index is 12.8. The Labute approximate surface area is 190 Å². The molecule has 2 N–H and O–H groups in total. The van der Waals surface area contributed by atoms with Crippen molar-refractivity contribution in [3.63, 3.8) is 0 Å². The number of rotatable bonds is 5. The number of nitrogens with zero attached hydrogens (tertiary/aromatic N) is 2. The molecular weight excluding hydrogens is 424 g/mol. The van der Waals surface area contributed by atoms with Crippen molar-refractivity contribution in [2.45, 2.75) is 56.4 Å². The van der Waals surface area contributed by atoms with Gasteiger partial charge in [-0.25, -0.2) is 8.42 Å². The van der Waals surface area contributed by atoms with Crippen LogP contribution in [0.4, 0.5) is 11.4 Å². The number of aliphatic imine (C=N–C) groups is 1. The molecular formula is C24H30N4O3S. The lowest BCUT2D eigenvalue weighted by molar-refractivity contribution is -0.115. The summed E-state index contributed by atoms with van der Waals surface area (Å²) in [5.74, 6) is 0.332. The molecule has 7 nitrogen and oxygen atoms in total. The average Bonchev–Trinajstić information content (AvgIpc) is 3.04. The van der Waals surface area contributed by atoms with Crippen LogP contribution in [0.5, 0.6) is 0 Å². The zero-order chi connectivity index (χ0) is 22.6. The first-order valence-electron chi connectivity index (χ1n) is 11.2. The molecule has 32 heavy (non-hydrogen) atoms. The lowest BCUT2D eigenvalue weighted by atomic mass is 9.96. The van der Waals surface area contributed by atoms with Gasteiger partial charge in [0.05, 0.1) is 11.4 Å². The van der Waals surface area contributed by atoms with Gasteiger partial charge < -0.3 is 10.2 Å². The third-order valence-electron chi connectivity index (χ3n) is 6.03. The first kappa shape index (κ1) is 22.3. The zero-order valence-electron chi connectivity index (χ0n) is 18.4. The highest BCUT2D eigenvalue weighted by molar-refractivity contribution is 7.90. The van der Waals surface area contributed by atoms with Crippen LogP contribution in [0.1, 0.15) is 44.6 Å². The van der Waals surface area contributed by atoms with Crippen molar-refractivity contribution in [3.05, 3.63) is 54.1 Å². The molecule has 2 aliphatic rings. The van der Waals surface area contributed by atoms with Crippen LogP contribution < -0.4 is 14.9 Å². The third-order valence-corrected chi connectivity index (χ3v) is 7.41. The smallest absolute Gasteiger partial charge is 0.262 e. The topological polar surface area (TPSA) is 90.9 Å². The van der Waals surface area contributed by atoms with E-state index in [1.807, 2.05) is 18.2 Å². The largest absolute Gasteiger partial charge is 0.359 e. The van der Waals surface area contributed by atoms with Gasteiger partial charge in [0, 0.05) is 30.4 Å². The average molecular weight is 455 g/mol. The van der Waals surface area contributed by atoms with Crippen LogP contribution in [0, 0.1) is 0 Å². The van der Waals surface area contributed by atoms with Crippen molar-refractivity contribution >= 4 is 33.1 Å². The van der Waals surface area contributed by atoms with Crippen molar-refractivity contribution in [1.29, 1.82) is 0 Å². The predicted octanol–water partition coefficient (Wildman–Crippen LogP) is 3.72. The van der Waals surface area contributed by atoms with E-state index < -0.39 is 10.0 Å². The standard InChI is InChI=1S/C24H30N4O3S/c1-18-13-14-19-8-4-5-11-22(19)28(18)17-24(29)26-20-9-7-10-21(16-20)32(30,31)27-23-12-3-2-6-15-25-23/h4-5,7-11,16,18H,2-3,6,12-15,17H2,1H3,(H,25,27)(H,26,29). The molecule has 4 rings (SSSR count). The fourth-order valence-electron chi connectivity index (χ4n) is 4.27. The van der Waals surface area contributed by atoms with Crippen molar-refractivity contribution in [2.75, 3.05) is 23.3 Å². The number of carbonyl (C=O) groups excluding carboxylic acids is 1. The highest BCUT2D eigenvalue weighted by atomic mass is 32.2. The second kappa shape index (κ2) is 9.73. The summed E-state index contributed by atoms with van der Waals surface area (Å²) in [6.45, 7) is 2.98. The number of para-hydroxylation sites is 1. The molecule has 0 aliphatic carbocycles. The monoisotopic (exact) mass is 454 g/mol. The third kappa shape index (κ3) is 5.30. The number of amides is 1. The van der Waals surface area contributed by atoms with Gasteiger partial charge in [-0.2, -0.15) is 0 Å². The van der Waals surface area contributed by atoms with Crippen LogP contribution in [-0.4, -0.2) is 39.3 Å². The van der Waals surface area contributed by atoms with E-state index in [2.05, 4.69) is 32.9 Å². The van der Waals surface area contributed by atoms with Crippen LogP contribution in [0.15, 0.2) is 58.4 Å². The fourth-order valence-corrected chi connectivity index (χ4v) is 5.40. The van der Waals surface area contributed by atoms with Crippen LogP contribution in [0.25, 0.3) is 0 Å². The zero-order valence-corrected chi connectivity index (χ0v) is 19.2.